The van der Waals surface area contributed by atoms with Crippen molar-refractivity contribution in [1.29, 1.82) is 0 Å². The maximum absolute atomic E-state index is 12.1. The number of amides is 1. The van der Waals surface area contributed by atoms with Gasteiger partial charge in [-0.3, -0.25) is 9.59 Å². The zero-order chi connectivity index (χ0) is 13.4. The highest BCUT2D eigenvalue weighted by atomic mass is 16.5. The van der Waals surface area contributed by atoms with Gasteiger partial charge in [0.25, 0.3) is 0 Å². The van der Waals surface area contributed by atoms with Crippen molar-refractivity contribution in [2.24, 2.45) is 0 Å². The van der Waals surface area contributed by atoms with Crippen molar-refractivity contribution >= 4 is 11.9 Å². The zero-order valence-electron chi connectivity index (χ0n) is 11.4. The van der Waals surface area contributed by atoms with Crippen molar-refractivity contribution in [3.63, 3.8) is 0 Å². The Bertz CT molecular complexity index is 323. The average Bonchev–Trinajstić information content (AvgIpc) is 2.40. The van der Waals surface area contributed by atoms with Crippen LogP contribution in [0, 0.1) is 0 Å². The molecule has 1 aliphatic rings. The van der Waals surface area contributed by atoms with E-state index in [1.165, 1.54) is 25.5 Å². The summed E-state index contributed by atoms with van der Waals surface area (Å²) in [6.45, 7) is 3.03. The molecule has 1 amide bonds. The first-order valence-corrected chi connectivity index (χ1v) is 6.69. The van der Waals surface area contributed by atoms with Crippen molar-refractivity contribution in [3.05, 3.63) is 11.6 Å². The second-order valence-corrected chi connectivity index (χ2v) is 4.58. The standard InChI is InChI=1S/C14H23NO3/c1-3-15(10-9-14(17)18-2)13(16)11-12-7-5-4-6-8-12/h7H,3-6,8-11H2,1-2H3. The van der Waals surface area contributed by atoms with Gasteiger partial charge in [-0.15, -0.1) is 0 Å². The molecule has 0 saturated heterocycles. The van der Waals surface area contributed by atoms with E-state index in [9.17, 15) is 9.59 Å². The van der Waals surface area contributed by atoms with Crippen LogP contribution < -0.4 is 0 Å². The maximum atomic E-state index is 12.1. The molecule has 0 aliphatic heterocycles. The molecule has 0 spiro atoms. The third-order valence-electron chi connectivity index (χ3n) is 3.31. The maximum Gasteiger partial charge on any atom is 0.307 e. The van der Waals surface area contributed by atoms with Gasteiger partial charge in [-0.25, -0.2) is 0 Å². The van der Waals surface area contributed by atoms with Crippen molar-refractivity contribution < 1.29 is 14.3 Å². The van der Waals surface area contributed by atoms with Gasteiger partial charge in [0.1, 0.15) is 0 Å². The molecule has 4 heteroatoms. The molecule has 0 aromatic carbocycles. The monoisotopic (exact) mass is 253 g/mol. The van der Waals surface area contributed by atoms with Crippen LogP contribution in [0.25, 0.3) is 0 Å². The summed E-state index contributed by atoms with van der Waals surface area (Å²) in [4.78, 5) is 24.9. The van der Waals surface area contributed by atoms with Crippen molar-refractivity contribution in [3.8, 4) is 0 Å². The molecular formula is C14H23NO3. The number of ether oxygens (including phenoxy) is 1. The van der Waals surface area contributed by atoms with Gasteiger partial charge in [0, 0.05) is 19.5 Å². The zero-order valence-corrected chi connectivity index (χ0v) is 11.4. The van der Waals surface area contributed by atoms with Gasteiger partial charge in [-0.2, -0.15) is 0 Å². The highest BCUT2D eigenvalue weighted by molar-refractivity contribution is 5.79. The Morgan fingerprint density at radius 3 is 2.72 bits per heavy atom. The fourth-order valence-corrected chi connectivity index (χ4v) is 2.16. The predicted molar refractivity (Wildman–Crippen MR) is 70.1 cm³/mol. The Morgan fingerprint density at radius 2 is 2.17 bits per heavy atom. The fraction of sp³-hybridized carbons (Fsp3) is 0.714. The van der Waals surface area contributed by atoms with Crippen molar-refractivity contribution in [1.82, 2.24) is 4.90 Å². The number of carbonyl (C=O) groups excluding carboxylic acids is 2. The lowest BCUT2D eigenvalue weighted by Crippen LogP contribution is -2.33. The lowest BCUT2D eigenvalue weighted by atomic mass is 9.97. The van der Waals surface area contributed by atoms with Crippen LogP contribution in [0.4, 0.5) is 0 Å². The predicted octanol–water partition coefficient (Wildman–Crippen LogP) is 2.29. The van der Waals surface area contributed by atoms with Crippen LogP contribution in [0.15, 0.2) is 11.6 Å². The van der Waals surface area contributed by atoms with Gasteiger partial charge in [-0.05, 0) is 32.6 Å². The Kier molecular flexibility index (Phi) is 6.47. The summed E-state index contributed by atoms with van der Waals surface area (Å²) in [6.07, 6.45) is 7.53. The molecule has 0 heterocycles. The molecule has 0 saturated carbocycles. The van der Waals surface area contributed by atoms with E-state index in [-0.39, 0.29) is 18.3 Å². The fourth-order valence-electron chi connectivity index (χ4n) is 2.16. The van der Waals surface area contributed by atoms with E-state index in [0.717, 1.165) is 12.8 Å². The Labute approximate surface area is 109 Å². The van der Waals surface area contributed by atoms with E-state index < -0.39 is 0 Å². The topological polar surface area (TPSA) is 46.6 Å². The number of methoxy groups -OCH3 is 1. The molecule has 0 atom stereocenters. The quantitative estimate of drug-likeness (QED) is 0.539. The Balaban J connectivity index is 2.41. The summed E-state index contributed by atoms with van der Waals surface area (Å²) >= 11 is 0. The second-order valence-electron chi connectivity index (χ2n) is 4.58. The number of hydrogen-bond donors (Lipinski definition) is 0. The minimum atomic E-state index is -0.266. The van der Waals surface area contributed by atoms with Gasteiger partial charge in [0.05, 0.1) is 13.5 Å². The minimum absolute atomic E-state index is 0.120. The number of hydrogen-bond acceptors (Lipinski definition) is 3. The average molecular weight is 253 g/mol. The number of nitrogens with zero attached hydrogens (tertiary/aromatic N) is 1. The molecular weight excluding hydrogens is 230 g/mol. The van der Waals surface area contributed by atoms with E-state index >= 15 is 0 Å². The van der Waals surface area contributed by atoms with Gasteiger partial charge >= 0.3 is 5.97 Å². The third-order valence-corrected chi connectivity index (χ3v) is 3.31. The van der Waals surface area contributed by atoms with E-state index in [1.807, 2.05) is 6.92 Å². The highest BCUT2D eigenvalue weighted by Crippen LogP contribution is 2.20. The smallest absolute Gasteiger partial charge is 0.307 e. The minimum Gasteiger partial charge on any atom is -0.469 e. The first-order chi connectivity index (χ1) is 8.67. The van der Waals surface area contributed by atoms with Crippen LogP contribution in [-0.4, -0.2) is 37.0 Å². The molecule has 0 radical (unpaired) electrons. The van der Waals surface area contributed by atoms with Gasteiger partial charge in [0.2, 0.25) is 5.91 Å². The summed E-state index contributed by atoms with van der Waals surface area (Å²) in [5.41, 5.74) is 1.25. The molecule has 0 aromatic heterocycles. The molecule has 0 N–H and O–H groups in total. The lowest BCUT2D eigenvalue weighted by Gasteiger charge is -2.22. The third kappa shape index (κ3) is 4.90. The highest BCUT2D eigenvalue weighted by Gasteiger charge is 2.16. The Morgan fingerprint density at radius 1 is 1.39 bits per heavy atom. The van der Waals surface area contributed by atoms with Crippen molar-refractivity contribution in [2.45, 2.75) is 45.4 Å². The molecule has 4 nitrogen and oxygen atoms in total. The number of allylic oxidation sites excluding steroid dienone is 1. The largest absolute Gasteiger partial charge is 0.469 e. The SMILES string of the molecule is CCN(CCC(=O)OC)C(=O)CC1=CCCCC1. The first kappa shape index (κ1) is 14.7. The summed E-state index contributed by atoms with van der Waals surface area (Å²) in [7, 11) is 1.37. The lowest BCUT2D eigenvalue weighted by molar-refractivity contribution is -0.141. The molecule has 0 unspecified atom stereocenters. The van der Waals surface area contributed by atoms with E-state index in [2.05, 4.69) is 10.8 Å². The van der Waals surface area contributed by atoms with Gasteiger partial charge in [-0.1, -0.05) is 11.6 Å². The number of esters is 1. The van der Waals surface area contributed by atoms with Crippen LogP contribution in [0.2, 0.25) is 0 Å². The van der Waals surface area contributed by atoms with Crippen LogP contribution in [0.1, 0.15) is 45.4 Å². The summed E-state index contributed by atoms with van der Waals surface area (Å²) in [6, 6.07) is 0. The molecule has 0 fully saturated rings. The van der Waals surface area contributed by atoms with Gasteiger partial charge in [0.15, 0.2) is 0 Å². The molecule has 18 heavy (non-hydrogen) atoms. The van der Waals surface area contributed by atoms with Crippen LogP contribution in [0.3, 0.4) is 0 Å². The molecule has 1 rings (SSSR count). The van der Waals surface area contributed by atoms with E-state index in [4.69, 9.17) is 0 Å². The normalized spacial score (nSPS) is 14.9. The van der Waals surface area contributed by atoms with Gasteiger partial charge < -0.3 is 9.64 Å². The van der Waals surface area contributed by atoms with Crippen molar-refractivity contribution in [2.75, 3.05) is 20.2 Å². The summed E-state index contributed by atoms with van der Waals surface area (Å²) in [5.74, 6) is -0.146. The van der Waals surface area contributed by atoms with Crippen LogP contribution in [0.5, 0.6) is 0 Å². The molecule has 102 valence electrons. The van der Waals surface area contributed by atoms with E-state index in [0.29, 0.717) is 19.5 Å². The van der Waals surface area contributed by atoms with Crippen LogP contribution in [-0.2, 0) is 14.3 Å². The summed E-state index contributed by atoms with van der Waals surface area (Å²) < 4.78 is 4.59. The summed E-state index contributed by atoms with van der Waals surface area (Å²) in [5, 5.41) is 0. The molecule has 1 aliphatic carbocycles. The Hall–Kier alpha value is -1.32. The first-order valence-electron chi connectivity index (χ1n) is 6.69. The van der Waals surface area contributed by atoms with Crippen LogP contribution >= 0.6 is 0 Å². The number of rotatable bonds is 6. The second kappa shape index (κ2) is 7.90. The number of carbonyl (C=O) groups is 2. The molecule has 0 aromatic rings. The van der Waals surface area contributed by atoms with E-state index in [1.54, 1.807) is 4.90 Å². The molecule has 0 bridgehead atoms.